The highest BCUT2D eigenvalue weighted by molar-refractivity contribution is 6.30. The Kier molecular flexibility index (Phi) is 4.23. The molecule has 0 atom stereocenters. The van der Waals surface area contributed by atoms with Gasteiger partial charge in [0.25, 0.3) is 5.91 Å². The van der Waals surface area contributed by atoms with Crippen molar-refractivity contribution in [3.05, 3.63) is 40.4 Å². The number of carboxylic acids is 1. The van der Waals surface area contributed by atoms with Gasteiger partial charge in [0.1, 0.15) is 5.82 Å². The van der Waals surface area contributed by atoms with Gasteiger partial charge in [-0.05, 0) is 38.0 Å². The lowest BCUT2D eigenvalue weighted by Crippen LogP contribution is -2.46. The summed E-state index contributed by atoms with van der Waals surface area (Å²) in [5, 5.41) is 19.3. The third-order valence-electron chi connectivity index (χ3n) is 4.08. The summed E-state index contributed by atoms with van der Waals surface area (Å²) in [4.78, 5) is 23.0. The first-order chi connectivity index (χ1) is 11.4. The number of nitrogens with zero attached hydrogens (tertiary/aromatic N) is 3. The third kappa shape index (κ3) is 2.96. The van der Waals surface area contributed by atoms with Crippen molar-refractivity contribution in [2.75, 3.05) is 0 Å². The summed E-state index contributed by atoms with van der Waals surface area (Å²) in [6, 6.07) is 3.90. The molecule has 126 valence electrons. The van der Waals surface area contributed by atoms with E-state index in [1.54, 1.807) is 6.92 Å². The van der Waals surface area contributed by atoms with Gasteiger partial charge in [0.15, 0.2) is 5.69 Å². The normalized spacial score (nSPS) is 19.6. The molecule has 7 nitrogen and oxygen atoms in total. The van der Waals surface area contributed by atoms with Crippen LogP contribution in [-0.4, -0.2) is 38.0 Å². The second-order valence-electron chi connectivity index (χ2n) is 5.71. The van der Waals surface area contributed by atoms with Gasteiger partial charge in [0.2, 0.25) is 0 Å². The number of carboxylic acid groups (broad SMARTS) is 1. The molecule has 0 spiro atoms. The van der Waals surface area contributed by atoms with Gasteiger partial charge >= 0.3 is 5.97 Å². The number of carbonyl (C=O) groups is 2. The minimum atomic E-state index is -0.851. The van der Waals surface area contributed by atoms with Crippen LogP contribution < -0.4 is 5.32 Å². The molecule has 1 aromatic heterocycles. The van der Waals surface area contributed by atoms with Crippen LogP contribution in [0, 0.1) is 18.7 Å². The van der Waals surface area contributed by atoms with E-state index < -0.39 is 23.6 Å². The highest BCUT2D eigenvalue weighted by atomic mass is 35.5. The van der Waals surface area contributed by atoms with E-state index >= 15 is 0 Å². The number of aromatic nitrogens is 3. The zero-order valence-electron chi connectivity index (χ0n) is 12.7. The van der Waals surface area contributed by atoms with E-state index in [1.165, 1.54) is 22.9 Å². The Morgan fingerprint density at radius 3 is 2.75 bits per heavy atom. The summed E-state index contributed by atoms with van der Waals surface area (Å²) >= 11 is 5.76. The molecule has 0 unspecified atom stereocenters. The molecule has 9 heteroatoms. The Bertz CT molecular complexity index is 817. The van der Waals surface area contributed by atoms with Crippen LogP contribution in [0.25, 0.3) is 5.69 Å². The first kappa shape index (κ1) is 16.4. The zero-order valence-corrected chi connectivity index (χ0v) is 13.4. The van der Waals surface area contributed by atoms with Gasteiger partial charge in [-0.2, -0.15) is 0 Å². The van der Waals surface area contributed by atoms with Crippen molar-refractivity contribution < 1.29 is 19.1 Å². The first-order valence-electron chi connectivity index (χ1n) is 7.28. The Balaban J connectivity index is 1.74. The molecule has 0 saturated heterocycles. The summed E-state index contributed by atoms with van der Waals surface area (Å²) in [5.74, 6) is -2.22. The second-order valence-corrected chi connectivity index (χ2v) is 6.12. The van der Waals surface area contributed by atoms with Crippen LogP contribution in [0.5, 0.6) is 0 Å². The number of nitrogens with one attached hydrogen (secondary N) is 1. The Hall–Kier alpha value is -2.48. The van der Waals surface area contributed by atoms with Crippen LogP contribution in [0.2, 0.25) is 5.02 Å². The van der Waals surface area contributed by atoms with Gasteiger partial charge in [-0.3, -0.25) is 9.59 Å². The predicted octanol–water partition coefficient (Wildman–Crippen LogP) is 1.96. The van der Waals surface area contributed by atoms with Crippen molar-refractivity contribution in [3.8, 4) is 5.69 Å². The zero-order chi connectivity index (χ0) is 17.4. The summed E-state index contributed by atoms with van der Waals surface area (Å²) in [6.45, 7) is 1.66. The van der Waals surface area contributed by atoms with Gasteiger partial charge in [-0.1, -0.05) is 16.8 Å². The Morgan fingerprint density at radius 1 is 1.42 bits per heavy atom. The van der Waals surface area contributed by atoms with Crippen molar-refractivity contribution in [1.82, 2.24) is 20.3 Å². The number of carbonyl (C=O) groups excluding carboxylic acids is 1. The number of hydrogen-bond acceptors (Lipinski definition) is 4. The second kappa shape index (κ2) is 6.20. The monoisotopic (exact) mass is 352 g/mol. The Morgan fingerprint density at radius 2 is 2.12 bits per heavy atom. The maximum absolute atomic E-state index is 13.2. The van der Waals surface area contributed by atoms with Gasteiger partial charge in [-0.25, -0.2) is 9.07 Å². The van der Waals surface area contributed by atoms with Crippen LogP contribution in [-0.2, 0) is 4.79 Å². The smallest absolute Gasteiger partial charge is 0.306 e. The quantitative estimate of drug-likeness (QED) is 0.876. The van der Waals surface area contributed by atoms with Gasteiger partial charge in [0.05, 0.1) is 22.3 Å². The van der Waals surface area contributed by atoms with E-state index in [9.17, 15) is 14.0 Å². The molecule has 2 aromatic rings. The average molecular weight is 353 g/mol. The fourth-order valence-corrected chi connectivity index (χ4v) is 2.77. The summed E-state index contributed by atoms with van der Waals surface area (Å²) in [6.07, 6.45) is 0.809. The van der Waals surface area contributed by atoms with E-state index in [2.05, 4.69) is 15.6 Å². The summed E-state index contributed by atoms with van der Waals surface area (Å²) < 4.78 is 14.6. The standard InChI is InChI=1S/C15H14ClFN4O3/c1-7-13(14(22)18-9-4-8(5-9)15(23)24)19-20-21(7)10-2-3-12(17)11(16)6-10/h2-3,6,8-9H,4-5H2,1H3,(H,18,22)(H,23,24). The molecule has 0 bridgehead atoms. The summed E-state index contributed by atoms with van der Waals surface area (Å²) in [7, 11) is 0. The van der Waals surface area contributed by atoms with Crippen LogP contribution in [0.4, 0.5) is 4.39 Å². The number of rotatable bonds is 4. The van der Waals surface area contributed by atoms with Crippen molar-refractivity contribution in [3.63, 3.8) is 0 Å². The van der Waals surface area contributed by atoms with Gasteiger partial charge in [0, 0.05) is 6.04 Å². The summed E-state index contributed by atoms with van der Waals surface area (Å²) in [5.41, 5.74) is 1.10. The highest BCUT2D eigenvalue weighted by Gasteiger charge is 2.36. The molecular weight excluding hydrogens is 339 g/mol. The maximum atomic E-state index is 13.2. The largest absolute Gasteiger partial charge is 0.481 e. The average Bonchev–Trinajstić information content (AvgIpc) is 2.86. The Labute approximate surface area is 141 Å². The molecule has 1 aliphatic rings. The lowest BCUT2D eigenvalue weighted by molar-refractivity contribution is -0.145. The van der Waals surface area contributed by atoms with Crippen LogP contribution in [0.1, 0.15) is 29.0 Å². The van der Waals surface area contributed by atoms with Crippen LogP contribution in [0.3, 0.4) is 0 Å². The molecule has 1 heterocycles. The van der Waals surface area contributed by atoms with E-state index in [4.69, 9.17) is 16.7 Å². The molecule has 1 aliphatic carbocycles. The fraction of sp³-hybridized carbons (Fsp3) is 0.333. The lowest BCUT2D eigenvalue weighted by atomic mass is 9.80. The minimum absolute atomic E-state index is 0.0532. The van der Waals surface area contributed by atoms with Crippen molar-refractivity contribution in [2.24, 2.45) is 5.92 Å². The van der Waals surface area contributed by atoms with E-state index in [1.807, 2.05) is 0 Å². The SMILES string of the molecule is Cc1c(C(=O)NC2CC(C(=O)O)C2)nnn1-c1ccc(F)c(Cl)c1. The molecule has 1 saturated carbocycles. The van der Waals surface area contributed by atoms with Crippen LogP contribution in [0.15, 0.2) is 18.2 Å². The molecule has 1 fully saturated rings. The molecule has 24 heavy (non-hydrogen) atoms. The van der Waals surface area contributed by atoms with Crippen molar-refractivity contribution in [2.45, 2.75) is 25.8 Å². The van der Waals surface area contributed by atoms with E-state index in [-0.39, 0.29) is 16.8 Å². The number of amides is 1. The highest BCUT2D eigenvalue weighted by Crippen LogP contribution is 2.28. The van der Waals surface area contributed by atoms with E-state index in [0.29, 0.717) is 24.2 Å². The predicted molar refractivity (Wildman–Crippen MR) is 82.7 cm³/mol. The van der Waals surface area contributed by atoms with Crippen molar-refractivity contribution >= 4 is 23.5 Å². The van der Waals surface area contributed by atoms with Gasteiger partial charge < -0.3 is 10.4 Å². The van der Waals surface area contributed by atoms with Gasteiger partial charge in [-0.15, -0.1) is 5.10 Å². The molecular formula is C15H14ClFN4O3. The molecule has 3 rings (SSSR count). The number of benzene rings is 1. The minimum Gasteiger partial charge on any atom is -0.481 e. The molecule has 0 radical (unpaired) electrons. The molecule has 0 aliphatic heterocycles. The first-order valence-corrected chi connectivity index (χ1v) is 7.66. The third-order valence-corrected chi connectivity index (χ3v) is 4.37. The molecule has 1 amide bonds. The fourth-order valence-electron chi connectivity index (χ4n) is 2.59. The van der Waals surface area contributed by atoms with E-state index in [0.717, 1.165) is 0 Å². The van der Waals surface area contributed by atoms with Crippen LogP contribution >= 0.6 is 11.6 Å². The number of hydrogen-bond donors (Lipinski definition) is 2. The topological polar surface area (TPSA) is 97.1 Å². The number of halogens is 2. The number of aliphatic carboxylic acids is 1. The molecule has 2 N–H and O–H groups in total. The maximum Gasteiger partial charge on any atom is 0.306 e. The lowest BCUT2D eigenvalue weighted by Gasteiger charge is -2.32. The van der Waals surface area contributed by atoms with Crippen molar-refractivity contribution in [1.29, 1.82) is 0 Å². The molecule has 1 aromatic carbocycles.